The number of aromatic nitrogens is 1. The molecule has 3 aromatic carbocycles. The van der Waals surface area contributed by atoms with Crippen LogP contribution in [0.2, 0.25) is 0 Å². The molecule has 0 unspecified atom stereocenters. The second-order valence-corrected chi connectivity index (χ2v) is 11.1. The van der Waals surface area contributed by atoms with Crippen LogP contribution in [0, 0.1) is 0 Å². The fraction of sp³-hybridized carbons (Fsp3) is 0.115. The number of nitrogens with zero attached hydrogens (tertiary/aromatic N) is 1. The van der Waals surface area contributed by atoms with Crippen molar-refractivity contribution in [1.82, 2.24) is 10.3 Å². The van der Waals surface area contributed by atoms with Crippen LogP contribution in [0.5, 0.6) is 0 Å². The minimum Gasteiger partial charge on any atom is -0.396 e. The van der Waals surface area contributed by atoms with Crippen molar-refractivity contribution < 1.29 is 23.1 Å². The molecule has 36 heavy (non-hydrogen) atoms. The van der Waals surface area contributed by atoms with E-state index < -0.39 is 21.7 Å². The van der Waals surface area contributed by atoms with Gasteiger partial charge in [0.2, 0.25) is 9.84 Å². The van der Waals surface area contributed by atoms with Crippen molar-refractivity contribution in [1.29, 1.82) is 0 Å². The van der Waals surface area contributed by atoms with Crippen LogP contribution < -0.4 is 10.6 Å². The number of amides is 2. The highest BCUT2D eigenvalue weighted by molar-refractivity contribution is 7.91. The summed E-state index contributed by atoms with van der Waals surface area (Å²) in [6.07, 6.45) is 2.22. The van der Waals surface area contributed by atoms with Crippen molar-refractivity contribution in [2.75, 3.05) is 11.9 Å². The molecular formula is C26H21N3O5S2. The van der Waals surface area contributed by atoms with E-state index in [2.05, 4.69) is 15.6 Å². The molecule has 0 atom stereocenters. The Hall–Kier alpha value is -3.86. The molecule has 0 saturated heterocycles. The van der Waals surface area contributed by atoms with Crippen LogP contribution in [0.3, 0.4) is 0 Å². The number of thiazole rings is 1. The van der Waals surface area contributed by atoms with E-state index >= 15 is 0 Å². The molecule has 182 valence electrons. The summed E-state index contributed by atoms with van der Waals surface area (Å²) in [6.45, 7) is 0.270. The van der Waals surface area contributed by atoms with E-state index in [-0.39, 0.29) is 39.8 Å². The van der Waals surface area contributed by atoms with Gasteiger partial charge in [0.15, 0.2) is 0 Å². The summed E-state index contributed by atoms with van der Waals surface area (Å²) in [5.41, 5.74) is 2.27. The molecular weight excluding hydrogens is 498 g/mol. The molecule has 0 spiro atoms. The standard InChI is InChI=1S/C26H21N3O5S2/c30-12-11-16-5-1-2-6-19(16)26-28-15-18(35-26)14-27-24(31)17-9-10-23-21(13-17)29-25(32)20-7-3-4-8-22(20)36(23,33)34/h1-10,13,15,30H,11-12,14H2,(H,27,31)(H,29,32). The molecule has 10 heteroatoms. The molecule has 1 aromatic heterocycles. The van der Waals surface area contributed by atoms with Gasteiger partial charge in [-0.25, -0.2) is 13.4 Å². The summed E-state index contributed by atoms with van der Waals surface area (Å²) in [6, 6.07) is 17.9. The number of hydrogen-bond donors (Lipinski definition) is 3. The lowest BCUT2D eigenvalue weighted by Crippen LogP contribution is -2.22. The first kappa shape index (κ1) is 23.9. The van der Waals surface area contributed by atoms with Gasteiger partial charge in [0.05, 0.1) is 27.6 Å². The molecule has 4 aromatic rings. The maximum absolute atomic E-state index is 13.1. The lowest BCUT2D eigenvalue weighted by atomic mass is 10.1. The molecule has 8 nitrogen and oxygen atoms in total. The van der Waals surface area contributed by atoms with E-state index in [1.165, 1.54) is 41.7 Å². The van der Waals surface area contributed by atoms with Crippen LogP contribution in [-0.2, 0) is 22.8 Å². The summed E-state index contributed by atoms with van der Waals surface area (Å²) in [7, 11) is -3.94. The molecule has 1 aliphatic rings. The Morgan fingerprint density at radius 2 is 1.75 bits per heavy atom. The predicted molar refractivity (Wildman–Crippen MR) is 136 cm³/mol. The van der Waals surface area contributed by atoms with Crippen molar-refractivity contribution in [2.45, 2.75) is 22.8 Å². The van der Waals surface area contributed by atoms with E-state index in [0.29, 0.717) is 6.42 Å². The minimum atomic E-state index is -3.94. The topological polar surface area (TPSA) is 125 Å². The number of carbonyl (C=O) groups excluding carboxylic acids is 2. The first-order valence-corrected chi connectivity index (χ1v) is 13.4. The number of hydrogen-bond acceptors (Lipinski definition) is 7. The Kier molecular flexibility index (Phi) is 6.40. The van der Waals surface area contributed by atoms with Gasteiger partial charge in [-0.15, -0.1) is 11.3 Å². The molecule has 0 saturated carbocycles. The zero-order valence-corrected chi connectivity index (χ0v) is 20.5. The monoisotopic (exact) mass is 519 g/mol. The number of fused-ring (bicyclic) bond motifs is 2. The fourth-order valence-corrected chi connectivity index (χ4v) is 6.55. The highest BCUT2D eigenvalue weighted by atomic mass is 32.2. The van der Waals surface area contributed by atoms with Gasteiger partial charge in [-0.2, -0.15) is 0 Å². The van der Waals surface area contributed by atoms with Crippen LogP contribution in [0.25, 0.3) is 10.6 Å². The zero-order chi connectivity index (χ0) is 25.3. The third-order valence-electron chi connectivity index (χ3n) is 5.81. The van der Waals surface area contributed by atoms with Gasteiger partial charge in [-0.3, -0.25) is 9.59 Å². The number of benzene rings is 3. The van der Waals surface area contributed by atoms with E-state index in [0.717, 1.165) is 21.0 Å². The van der Waals surface area contributed by atoms with Crippen LogP contribution in [0.1, 0.15) is 31.2 Å². The normalized spacial score (nSPS) is 13.8. The van der Waals surface area contributed by atoms with E-state index in [1.54, 1.807) is 18.3 Å². The second kappa shape index (κ2) is 9.65. The number of nitrogens with one attached hydrogen (secondary N) is 2. The molecule has 3 N–H and O–H groups in total. The van der Waals surface area contributed by atoms with Gasteiger partial charge in [0.25, 0.3) is 11.8 Å². The molecule has 0 fully saturated rings. The average molecular weight is 520 g/mol. The van der Waals surface area contributed by atoms with Crippen molar-refractivity contribution in [3.63, 3.8) is 0 Å². The van der Waals surface area contributed by atoms with Crippen molar-refractivity contribution in [3.8, 4) is 10.6 Å². The van der Waals surface area contributed by atoms with E-state index in [9.17, 15) is 23.1 Å². The Morgan fingerprint density at radius 1 is 1.00 bits per heavy atom. The smallest absolute Gasteiger partial charge is 0.257 e. The average Bonchev–Trinajstić information content (AvgIpc) is 3.33. The summed E-state index contributed by atoms with van der Waals surface area (Å²) in [5, 5.41) is 15.5. The molecule has 0 bridgehead atoms. The molecule has 0 radical (unpaired) electrons. The van der Waals surface area contributed by atoms with Crippen LogP contribution in [0.4, 0.5) is 5.69 Å². The third kappa shape index (κ3) is 4.41. The minimum absolute atomic E-state index is 0.0416. The highest BCUT2D eigenvalue weighted by Crippen LogP contribution is 2.34. The Balaban J connectivity index is 1.35. The first-order chi connectivity index (χ1) is 17.4. The Morgan fingerprint density at radius 3 is 2.56 bits per heavy atom. The number of anilines is 1. The van der Waals surface area contributed by atoms with Crippen molar-refractivity contribution in [3.05, 3.63) is 94.5 Å². The predicted octanol–water partition coefficient (Wildman–Crippen LogP) is 3.67. The number of aliphatic hydroxyl groups is 1. The van der Waals surface area contributed by atoms with E-state index in [1.807, 2.05) is 24.3 Å². The summed E-state index contributed by atoms with van der Waals surface area (Å²) >= 11 is 1.44. The summed E-state index contributed by atoms with van der Waals surface area (Å²) in [4.78, 5) is 30.6. The number of carbonyl (C=O) groups is 2. The highest BCUT2D eigenvalue weighted by Gasteiger charge is 2.31. The summed E-state index contributed by atoms with van der Waals surface area (Å²) in [5.74, 6) is -0.967. The van der Waals surface area contributed by atoms with Gasteiger partial charge in [0, 0.05) is 28.8 Å². The molecule has 5 rings (SSSR count). The lowest BCUT2D eigenvalue weighted by molar-refractivity contribution is 0.0949. The first-order valence-electron chi connectivity index (χ1n) is 11.1. The lowest BCUT2D eigenvalue weighted by Gasteiger charge is -2.10. The summed E-state index contributed by atoms with van der Waals surface area (Å²) < 4.78 is 26.2. The second-order valence-electron chi connectivity index (χ2n) is 8.11. The van der Waals surface area contributed by atoms with Gasteiger partial charge in [-0.1, -0.05) is 36.4 Å². The SMILES string of the molecule is O=C(NCc1cnc(-c2ccccc2CCO)s1)c1ccc2c(c1)NC(=O)c1ccccc1S2(=O)=O. The van der Waals surface area contributed by atoms with Gasteiger partial charge >= 0.3 is 0 Å². The molecule has 1 aliphatic heterocycles. The largest absolute Gasteiger partial charge is 0.396 e. The van der Waals surface area contributed by atoms with Gasteiger partial charge < -0.3 is 15.7 Å². The Bertz CT molecular complexity index is 1590. The Labute approximate surface area is 211 Å². The molecule has 2 amide bonds. The number of sulfone groups is 1. The fourth-order valence-electron chi connectivity index (χ4n) is 4.05. The van der Waals surface area contributed by atoms with Gasteiger partial charge in [0.1, 0.15) is 5.01 Å². The number of rotatable bonds is 6. The molecule has 2 heterocycles. The maximum atomic E-state index is 13.1. The van der Waals surface area contributed by atoms with Crippen molar-refractivity contribution >= 4 is 38.7 Å². The van der Waals surface area contributed by atoms with Crippen LogP contribution >= 0.6 is 11.3 Å². The third-order valence-corrected chi connectivity index (χ3v) is 8.71. The van der Waals surface area contributed by atoms with E-state index in [4.69, 9.17) is 0 Å². The quantitative estimate of drug-likeness (QED) is 0.357. The maximum Gasteiger partial charge on any atom is 0.257 e. The van der Waals surface area contributed by atoms with Gasteiger partial charge in [-0.05, 0) is 42.3 Å². The molecule has 0 aliphatic carbocycles. The zero-order valence-electron chi connectivity index (χ0n) is 18.9. The van der Waals surface area contributed by atoms with Crippen LogP contribution in [-0.4, -0.2) is 36.9 Å². The number of aliphatic hydroxyl groups excluding tert-OH is 1. The van der Waals surface area contributed by atoms with Crippen molar-refractivity contribution in [2.24, 2.45) is 0 Å². The van der Waals surface area contributed by atoms with Crippen LogP contribution in [0.15, 0.2) is 82.7 Å².